The van der Waals surface area contributed by atoms with Crippen LogP contribution in [0, 0.1) is 0 Å². The van der Waals surface area contributed by atoms with Gasteiger partial charge in [0.05, 0.1) is 0 Å². The van der Waals surface area contributed by atoms with Crippen molar-refractivity contribution in [2.75, 3.05) is 13.2 Å². The highest BCUT2D eigenvalue weighted by Crippen LogP contribution is 2.22. The molecule has 1 aromatic rings. The van der Waals surface area contributed by atoms with E-state index < -0.39 is 5.97 Å². The number of carbonyl (C=O) groups is 3. The number of nitrogens with zero attached hydrogens (tertiary/aromatic N) is 1. The Morgan fingerprint density at radius 3 is 2.38 bits per heavy atom. The summed E-state index contributed by atoms with van der Waals surface area (Å²) in [7, 11) is 0. The van der Waals surface area contributed by atoms with E-state index >= 15 is 0 Å². The highest BCUT2D eigenvalue weighted by molar-refractivity contribution is 5.96. The van der Waals surface area contributed by atoms with Crippen LogP contribution in [-0.2, 0) is 14.3 Å². The number of carbonyl (C=O) groups excluding carboxylic acids is 3. The maximum Gasteiger partial charge on any atom is 0.325 e. The van der Waals surface area contributed by atoms with Gasteiger partial charge in [0.25, 0.3) is 11.8 Å². The summed E-state index contributed by atoms with van der Waals surface area (Å²) >= 11 is 0. The standard InChI is InChI=1S/C18H24N2O4/c1-13-7-6-8-14(2)20(13)16(21)12-24-17(22)11-19-18(23)15-9-4-3-5-10-15/h3-5,9-10,13-14H,6-8,11-12H2,1-2H3,(H,19,23)/t13-,14-/m0/s1. The number of amides is 2. The minimum Gasteiger partial charge on any atom is -0.454 e. The monoisotopic (exact) mass is 332 g/mol. The normalized spacial score (nSPS) is 20.3. The van der Waals surface area contributed by atoms with Gasteiger partial charge >= 0.3 is 5.97 Å². The minimum atomic E-state index is -0.620. The molecule has 6 nitrogen and oxygen atoms in total. The minimum absolute atomic E-state index is 0.165. The molecular formula is C18H24N2O4. The first-order chi connectivity index (χ1) is 11.5. The Morgan fingerprint density at radius 1 is 1.12 bits per heavy atom. The molecule has 0 aliphatic carbocycles. The van der Waals surface area contributed by atoms with Gasteiger partial charge in [0.1, 0.15) is 6.54 Å². The first-order valence-electron chi connectivity index (χ1n) is 8.29. The van der Waals surface area contributed by atoms with Crippen LogP contribution in [0.5, 0.6) is 0 Å². The van der Waals surface area contributed by atoms with Gasteiger partial charge in [-0.25, -0.2) is 0 Å². The molecule has 2 amide bonds. The highest BCUT2D eigenvalue weighted by atomic mass is 16.5. The number of nitrogens with one attached hydrogen (secondary N) is 1. The van der Waals surface area contributed by atoms with Gasteiger partial charge in [-0.15, -0.1) is 0 Å². The van der Waals surface area contributed by atoms with Gasteiger partial charge < -0.3 is 15.0 Å². The molecule has 1 aliphatic rings. The van der Waals surface area contributed by atoms with Crippen LogP contribution in [0.1, 0.15) is 43.5 Å². The summed E-state index contributed by atoms with van der Waals surface area (Å²) in [5, 5.41) is 2.48. The van der Waals surface area contributed by atoms with Gasteiger partial charge in [-0.3, -0.25) is 14.4 Å². The summed E-state index contributed by atoms with van der Waals surface area (Å²) in [5.41, 5.74) is 0.470. The van der Waals surface area contributed by atoms with Crippen molar-refractivity contribution in [3.63, 3.8) is 0 Å². The fourth-order valence-electron chi connectivity index (χ4n) is 3.02. The summed E-state index contributed by atoms with van der Waals surface area (Å²) in [6.07, 6.45) is 3.05. The van der Waals surface area contributed by atoms with Crippen molar-refractivity contribution in [2.24, 2.45) is 0 Å². The van der Waals surface area contributed by atoms with Crippen molar-refractivity contribution in [1.82, 2.24) is 10.2 Å². The number of ether oxygens (including phenoxy) is 1. The average molecular weight is 332 g/mol. The van der Waals surface area contributed by atoms with Crippen molar-refractivity contribution in [3.05, 3.63) is 35.9 Å². The Labute approximate surface area is 142 Å². The number of rotatable bonds is 5. The Hall–Kier alpha value is -2.37. The van der Waals surface area contributed by atoms with E-state index in [9.17, 15) is 14.4 Å². The maximum atomic E-state index is 12.2. The molecule has 0 spiro atoms. The number of likely N-dealkylation sites (tertiary alicyclic amines) is 1. The Bertz CT molecular complexity index is 578. The van der Waals surface area contributed by atoms with Gasteiger partial charge in [-0.2, -0.15) is 0 Å². The van der Waals surface area contributed by atoms with Crippen molar-refractivity contribution in [3.8, 4) is 0 Å². The molecule has 130 valence electrons. The topological polar surface area (TPSA) is 75.7 Å². The molecule has 0 aromatic heterocycles. The van der Waals surface area contributed by atoms with Crippen LogP contribution in [0.15, 0.2) is 30.3 Å². The number of hydrogen-bond acceptors (Lipinski definition) is 4. The molecule has 0 unspecified atom stereocenters. The number of esters is 1. The third-order valence-electron chi connectivity index (χ3n) is 4.27. The van der Waals surface area contributed by atoms with E-state index in [1.807, 2.05) is 13.8 Å². The van der Waals surface area contributed by atoms with E-state index in [1.165, 1.54) is 0 Å². The van der Waals surface area contributed by atoms with Crippen LogP contribution >= 0.6 is 0 Å². The first kappa shape index (κ1) is 18.0. The molecule has 2 atom stereocenters. The molecule has 1 saturated heterocycles. The fraction of sp³-hybridized carbons (Fsp3) is 0.500. The van der Waals surface area contributed by atoms with Crippen LogP contribution in [0.2, 0.25) is 0 Å². The van der Waals surface area contributed by atoms with E-state index in [2.05, 4.69) is 5.32 Å². The molecule has 0 bridgehead atoms. The van der Waals surface area contributed by atoms with Crippen LogP contribution in [-0.4, -0.2) is 47.9 Å². The zero-order chi connectivity index (χ0) is 17.5. The van der Waals surface area contributed by atoms with Gasteiger partial charge in [0, 0.05) is 17.6 Å². The van der Waals surface area contributed by atoms with Crippen molar-refractivity contribution >= 4 is 17.8 Å². The van der Waals surface area contributed by atoms with E-state index in [4.69, 9.17) is 4.74 Å². The molecule has 0 radical (unpaired) electrons. The van der Waals surface area contributed by atoms with Gasteiger partial charge in [-0.05, 0) is 45.2 Å². The smallest absolute Gasteiger partial charge is 0.325 e. The third kappa shape index (κ3) is 4.81. The first-order valence-corrected chi connectivity index (χ1v) is 8.29. The van der Waals surface area contributed by atoms with Crippen LogP contribution in [0.4, 0.5) is 0 Å². The summed E-state index contributed by atoms with van der Waals surface area (Å²) in [6, 6.07) is 8.93. The van der Waals surface area contributed by atoms with E-state index in [-0.39, 0.29) is 37.0 Å². The predicted octanol–water partition coefficient (Wildman–Crippen LogP) is 1.75. The lowest BCUT2D eigenvalue weighted by molar-refractivity contribution is -0.154. The molecule has 1 N–H and O–H groups in total. The Morgan fingerprint density at radius 2 is 1.75 bits per heavy atom. The summed E-state index contributed by atoms with van der Waals surface area (Å²) in [5.74, 6) is -1.15. The van der Waals surface area contributed by atoms with Crippen LogP contribution < -0.4 is 5.32 Å². The van der Waals surface area contributed by atoms with Gasteiger partial charge in [0.15, 0.2) is 6.61 Å². The largest absolute Gasteiger partial charge is 0.454 e. The maximum absolute atomic E-state index is 12.2. The number of benzene rings is 1. The quantitative estimate of drug-likeness (QED) is 0.834. The number of piperidine rings is 1. The summed E-state index contributed by atoms with van der Waals surface area (Å²) < 4.78 is 5.00. The fourth-order valence-corrected chi connectivity index (χ4v) is 3.02. The van der Waals surface area contributed by atoms with Crippen molar-refractivity contribution < 1.29 is 19.1 Å². The van der Waals surface area contributed by atoms with Gasteiger partial charge in [-0.1, -0.05) is 18.2 Å². The molecule has 6 heteroatoms. The Balaban J connectivity index is 1.74. The molecule has 2 rings (SSSR count). The molecular weight excluding hydrogens is 308 g/mol. The molecule has 0 saturated carbocycles. The lowest BCUT2D eigenvalue weighted by Crippen LogP contribution is -2.49. The molecule has 1 aliphatic heterocycles. The van der Waals surface area contributed by atoms with Crippen LogP contribution in [0.3, 0.4) is 0 Å². The van der Waals surface area contributed by atoms with E-state index in [0.29, 0.717) is 5.56 Å². The summed E-state index contributed by atoms with van der Waals surface area (Å²) in [6.45, 7) is 3.48. The molecule has 24 heavy (non-hydrogen) atoms. The lowest BCUT2D eigenvalue weighted by Gasteiger charge is -2.38. The predicted molar refractivity (Wildman–Crippen MR) is 89.4 cm³/mol. The van der Waals surface area contributed by atoms with Crippen LogP contribution in [0.25, 0.3) is 0 Å². The average Bonchev–Trinajstić information content (AvgIpc) is 2.58. The van der Waals surface area contributed by atoms with Crippen molar-refractivity contribution in [2.45, 2.75) is 45.2 Å². The number of hydrogen-bond donors (Lipinski definition) is 1. The second-order valence-electron chi connectivity index (χ2n) is 6.14. The van der Waals surface area contributed by atoms with Crippen molar-refractivity contribution in [1.29, 1.82) is 0 Å². The molecule has 1 aromatic carbocycles. The second-order valence-corrected chi connectivity index (χ2v) is 6.14. The van der Waals surface area contributed by atoms with E-state index in [0.717, 1.165) is 19.3 Å². The zero-order valence-corrected chi connectivity index (χ0v) is 14.2. The van der Waals surface area contributed by atoms with E-state index in [1.54, 1.807) is 35.2 Å². The zero-order valence-electron chi connectivity index (χ0n) is 14.2. The third-order valence-corrected chi connectivity index (χ3v) is 4.27. The highest BCUT2D eigenvalue weighted by Gasteiger charge is 2.29. The molecule has 1 fully saturated rings. The Kier molecular flexibility index (Phi) is 6.35. The second kappa shape index (κ2) is 8.47. The molecule has 1 heterocycles. The van der Waals surface area contributed by atoms with Gasteiger partial charge in [0.2, 0.25) is 0 Å². The lowest BCUT2D eigenvalue weighted by atomic mass is 9.97. The summed E-state index contributed by atoms with van der Waals surface area (Å²) in [4.78, 5) is 37.6. The SMILES string of the molecule is C[C@H]1CCC[C@H](C)N1C(=O)COC(=O)CNC(=O)c1ccccc1.